The highest BCUT2D eigenvalue weighted by molar-refractivity contribution is 6.23. The topological polar surface area (TPSA) is 80.5 Å². The van der Waals surface area contributed by atoms with Crippen LogP contribution in [-0.4, -0.2) is 16.7 Å². The number of benzene rings is 3. The van der Waals surface area contributed by atoms with Crippen LogP contribution < -0.4 is 4.90 Å². The van der Waals surface area contributed by atoms with E-state index in [4.69, 9.17) is 0 Å². The van der Waals surface area contributed by atoms with Crippen molar-refractivity contribution in [3.8, 4) is 0 Å². The summed E-state index contributed by atoms with van der Waals surface area (Å²) < 4.78 is 0. The van der Waals surface area contributed by atoms with Crippen molar-refractivity contribution in [2.75, 3.05) is 4.90 Å². The van der Waals surface area contributed by atoms with E-state index in [0.717, 1.165) is 22.3 Å². The molecule has 1 aliphatic heterocycles. The highest BCUT2D eigenvalue weighted by atomic mass is 16.6. The number of carbonyl (C=O) groups excluding carboxylic acids is 2. The summed E-state index contributed by atoms with van der Waals surface area (Å²) in [5.74, 6) is -1.85. The first-order valence-electron chi connectivity index (χ1n) is 10.7. The second kappa shape index (κ2) is 6.13. The van der Waals surface area contributed by atoms with Gasteiger partial charge in [-0.1, -0.05) is 61.5 Å². The fourth-order valence-electron chi connectivity index (χ4n) is 6.34. The van der Waals surface area contributed by atoms with Crippen molar-refractivity contribution >= 4 is 23.2 Å². The van der Waals surface area contributed by atoms with E-state index in [-0.39, 0.29) is 29.1 Å². The van der Waals surface area contributed by atoms with Crippen molar-refractivity contribution in [2.24, 2.45) is 11.8 Å². The van der Waals surface area contributed by atoms with Crippen molar-refractivity contribution in [1.82, 2.24) is 0 Å². The van der Waals surface area contributed by atoms with Gasteiger partial charge in [-0.2, -0.15) is 0 Å². The Morgan fingerprint density at radius 3 is 2.09 bits per heavy atom. The van der Waals surface area contributed by atoms with Crippen LogP contribution in [0.1, 0.15) is 40.7 Å². The molecule has 3 aromatic carbocycles. The predicted octanol–water partition coefficient (Wildman–Crippen LogP) is 4.47. The molecule has 0 N–H and O–H groups in total. The molecule has 6 nitrogen and oxygen atoms in total. The molecule has 1 fully saturated rings. The van der Waals surface area contributed by atoms with Gasteiger partial charge in [-0.05, 0) is 35.2 Å². The maximum absolute atomic E-state index is 13.9. The average molecular weight is 424 g/mol. The fraction of sp³-hybridized carbons (Fsp3) is 0.231. The van der Waals surface area contributed by atoms with E-state index in [1.165, 1.54) is 11.0 Å². The zero-order valence-corrected chi connectivity index (χ0v) is 17.6. The summed E-state index contributed by atoms with van der Waals surface area (Å²) in [4.78, 5) is 39.9. The Bertz CT molecular complexity index is 1310. The molecule has 0 radical (unpaired) electrons. The zero-order chi connectivity index (χ0) is 22.4. The van der Waals surface area contributed by atoms with Crippen LogP contribution in [0.5, 0.6) is 0 Å². The molecule has 32 heavy (non-hydrogen) atoms. The van der Waals surface area contributed by atoms with Gasteiger partial charge in [-0.25, -0.2) is 4.90 Å². The molecule has 4 aliphatic rings. The Kier molecular flexibility index (Phi) is 3.62. The summed E-state index contributed by atoms with van der Waals surface area (Å²) in [7, 11) is 0. The molecule has 0 aromatic heterocycles. The number of amides is 2. The monoisotopic (exact) mass is 424 g/mol. The lowest BCUT2D eigenvalue weighted by Crippen LogP contribution is -2.51. The van der Waals surface area contributed by atoms with Gasteiger partial charge >= 0.3 is 0 Å². The zero-order valence-electron chi connectivity index (χ0n) is 17.6. The number of hydrogen-bond donors (Lipinski definition) is 0. The van der Waals surface area contributed by atoms with Crippen LogP contribution >= 0.6 is 0 Å². The Morgan fingerprint density at radius 2 is 1.50 bits per heavy atom. The summed E-state index contributed by atoms with van der Waals surface area (Å²) in [6.45, 7) is 3.70. The first-order valence-corrected chi connectivity index (χ1v) is 10.7. The molecule has 0 spiro atoms. The largest absolute Gasteiger partial charge is 0.274 e. The van der Waals surface area contributed by atoms with Crippen LogP contribution in [0.3, 0.4) is 0 Å². The third-order valence-corrected chi connectivity index (χ3v) is 7.69. The van der Waals surface area contributed by atoms with Gasteiger partial charge in [0.05, 0.1) is 22.4 Å². The summed E-state index contributed by atoms with van der Waals surface area (Å²) in [5, 5.41) is 11.5. The lowest BCUT2D eigenvalue weighted by Gasteiger charge is -2.52. The fourth-order valence-corrected chi connectivity index (χ4v) is 6.34. The van der Waals surface area contributed by atoms with Crippen molar-refractivity contribution in [3.05, 3.63) is 105 Å². The number of nitrogens with zero attached hydrogens (tertiary/aromatic N) is 2. The highest BCUT2D eigenvalue weighted by Gasteiger charge is 2.66. The van der Waals surface area contributed by atoms with E-state index in [9.17, 15) is 19.7 Å². The molecule has 1 heterocycles. The van der Waals surface area contributed by atoms with E-state index < -0.39 is 22.2 Å². The van der Waals surface area contributed by atoms with Gasteiger partial charge in [0.2, 0.25) is 11.8 Å². The molecule has 7 rings (SSSR count). The molecule has 2 bridgehead atoms. The molecule has 0 unspecified atom stereocenters. The van der Waals surface area contributed by atoms with E-state index in [1.807, 2.05) is 24.3 Å². The van der Waals surface area contributed by atoms with Crippen molar-refractivity contribution < 1.29 is 14.5 Å². The van der Waals surface area contributed by atoms with Crippen molar-refractivity contribution in [3.63, 3.8) is 0 Å². The minimum atomic E-state index is -0.648. The average Bonchev–Trinajstić information content (AvgIpc) is 3.06. The number of aryl methyl sites for hydroxylation is 1. The SMILES string of the molecule is Cc1ccc(N2C(=O)[C@@H]3C4c5ccccc5C(C)(c5ccccc54)[C@@H]3C2=O)cc1[N+](=O)[O-]. The normalized spacial score (nSPS) is 27.2. The Balaban J connectivity index is 1.58. The molecule has 2 atom stereocenters. The Morgan fingerprint density at radius 1 is 0.906 bits per heavy atom. The molecular weight excluding hydrogens is 404 g/mol. The predicted molar refractivity (Wildman–Crippen MR) is 118 cm³/mol. The number of nitro groups is 1. The Labute approximate surface area is 184 Å². The van der Waals surface area contributed by atoms with Crippen LogP contribution in [0.15, 0.2) is 66.7 Å². The van der Waals surface area contributed by atoms with Crippen LogP contribution in [0.25, 0.3) is 0 Å². The third-order valence-electron chi connectivity index (χ3n) is 7.69. The molecule has 0 saturated carbocycles. The number of anilines is 1. The highest BCUT2D eigenvalue weighted by Crippen LogP contribution is 2.64. The van der Waals surface area contributed by atoms with Gasteiger partial charge in [-0.15, -0.1) is 0 Å². The quantitative estimate of drug-likeness (QED) is 0.345. The minimum absolute atomic E-state index is 0.0984. The number of rotatable bonds is 2. The van der Waals surface area contributed by atoms with E-state index in [0.29, 0.717) is 5.56 Å². The van der Waals surface area contributed by atoms with Gasteiger partial charge < -0.3 is 0 Å². The van der Waals surface area contributed by atoms with Crippen LogP contribution in [-0.2, 0) is 15.0 Å². The van der Waals surface area contributed by atoms with Gasteiger partial charge in [0.25, 0.3) is 5.69 Å². The van der Waals surface area contributed by atoms with Crippen LogP contribution in [0, 0.1) is 28.9 Å². The van der Waals surface area contributed by atoms with Gasteiger partial charge in [0.1, 0.15) is 0 Å². The summed E-state index contributed by atoms with van der Waals surface area (Å²) in [5.41, 5.74) is 4.36. The van der Waals surface area contributed by atoms with E-state index in [1.54, 1.807) is 19.1 Å². The second-order valence-corrected chi connectivity index (χ2v) is 9.10. The maximum atomic E-state index is 13.9. The molecule has 6 heteroatoms. The lowest BCUT2D eigenvalue weighted by atomic mass is 9.48. The molecular formula is C26H20N2O4. The maximum Gasteiger partial charge on any atom is 0.274 e. The second-order valence-electron chi connectivity index (χ2n) is 9.10. The number of imide groups is 1. The molecule has 3 aliphatic carbocycles. The van der Waals surface area contributed by atoms with Gasteiger partial charge in [0, 0.05) is 23.0 Å². The summed E-state index contributed by atoms with van der Waals surface area (Å²) in [6.07, 6.45) is 0. The lowest BCUT2D eigenvalue weighted by molar-refractivity contribution is -0.385. The molecule has 2 amide bonds. The summed E-state index contributed by atoms with van der Waals surface area (Å²) >= 11 is 0. The number of carbonyl (C=O) groups is 2. The number of nitro benzene ring substituents is 1. The molecule has 1 saturated heterocycles. The third kappa shape index (κ3) is 2.09. The first-order chi connectivity index (χ1) is 15.4. The molecule has 3 aromatic rings. The minimum Gasteiger partial charge on any atom is -0.274 e. The van der Waals surface area contributed by atoms with Crippen molar-refractivity contribution in [1.29, 1.82) is 0 Å². The Hall–Kier alpha value is -3.80. The van der Waals surface area contributed by atoms with Crippen LogP contribution in [0.2, 0.25) is 0 Å². The van der Waals surface area contributed by atoms with E-state index in [2.05, 4.69) is 31.2 Å². The first kappa shape index (κ1) is 18.9. The smallest absolute Gasteiger partial charge is 0.274 e. The molecule has 158 valence electrons. The van der Waals surface area contributed by atoms with Gasteiger partial charge in [0.15, 0.2) is 0 Å². The van der Waals surface area contributed by atoms with Gasteiger partial charge in [-0.3, -0.25) is 19.7 Å². The number of hydrogen-bond acceptors (Lipinski definition) is 4. The van der Waals surface area contributed by atoms with Crippen molar-refractivity contribution in [2.45, 2.75) is 25.2 Å². The van der Waals surface area contributed by atoms with E-state index >= 15 is 0 Å². The standard InChI is InChI=1S/C26H20N2O4/c1-14-11-12-15(13-20(14)28(31)32)27-24(29)22-21-16-7-3-5-9-18(16)26(2,23(22)25(27)30)19-10-6-4-8-17(19)21/h3-13,21-23H,1-2H3/t21?,22-,23+,26?/m1/s1. The summed E-state index contributed by atoms with van der Waals surface area (Å²) in [6, 6.07) is 20.7. The van der Waals surface area contributed by atoms with Crippen LogP contribution in [0.4, 0.5) is 11.4 Å².